The van der Waals surface area contributed by atoms with Gasteiger partial charge in [-0.2, -0.15) is 0 Å². The van der Waals surface area contributed by atoms with Gasteiger partial charge in [0.2, 0.25) is 0 Å². The van der Waals surface area contributed by atoms with E-state index in [9.17, 15) is 0 Å². The van der Waals surface area contributed by atoms with Crippen LogP contribution >= 0.6 is 11.3 Å². The van der Waals surface area contributed by atoms with E-state index in [1.807, 2.05) is 11.3 Å². The maximum Gasteiger partial charge on any atom is 0.0900 e. The maximum atomic E-state index is 4.58. The lowest BCUT2D eigenvalue weighted by Crippen LogP contribution is -2.28. The Morgan fingerprint density at radius 1 is 1.28 bits per heavy atom. The molecule has 3 heteroatoms. The number of aromatic nitrogens is 1. The van der Waals surface area contributed by atoms with Crippen LogP contribution in [-0.2, 0) is 0 Å². The number of hydrogen-bond donors (Lipinski definition) is 1. The Labute approximate surface area is 115 Å². The quantitative estimate of drug-likeness (QED) is 0.882. The summed E-state index contributed by atoms with van der Waals surface area (Å²) in [6.45, 7) is 6.60. The molecule has 102 valence electrons. The molecule has 0 amide bonds. The van der Waals surface area contributed by atoms with Crippen LogP contribution in [0.15, 0.2) is 0 Å². The molecule has 1 aromatic rings. The standard InChI is InChI=1S/C15H26N2S/c1-5-12-6-8-13(9-7-12)14(16-4)15-10(2)17-11(3)18-15/h12-14,16H,5-9H2,1-4H3. The summed E-state index contributed by atoms with van der Waals surface area (Å²) in [6, 6.07) is 0.522. The van der Waals surface area contributed by atoms with Gasteiger partial charge in [-0.25, -0.2) is 4.98 Å². The molecule has 18 heavy (non-hydrogen) atoms. The Balaban J connectivity index is 2.08. The molecule has 2 rings (SSSR count). The number of nitrogens with one attached hydrogen (secondary N) is 1. The Kier molecular flexibility index (Phi) is 4.79. The van der Waals surface area contributed by atoms with Gasteiger partial charge in [-0.15, -0.1) is 11.3 Å². The van der Waals surface area contributed by atoms with E-state index in [-0.39, 0.29) is 0 Å². The fraction of sp³-hybridized carbons (Fsp3) is 0.800. The minimum atomic E-state index is 0.522. The van der Waals surface area contributed by atoms with Crippen molar-refractivity contribution in [1.29, 1.82) is 0 Å². The molecule has 0 spiro atoms. The largest absolute Gasteiger partial charge is 0.312 e. The molecule has 0 aliphatic heterocycles. The van der Waals surface area contributed by atoms with Crippen molar-refractivity contribution in [3.8, 4) is 0 Å². The second kappa shape index (κ2) is 6.16. The Hall–Kier alpha value is -0.410. The Bertz CT molecular complexity index is 378. The molecule has 0 aromatic carbocycles. The number of nitrogens with zero attached hydrogens (tertiary/aromatic N) is 1. The first-order valence-corrected chi connectivity index (χ1v) is 8.08. The minimum absolute atomic E-state index is 0.522. The van der Waals surface area contributed by atoms with Gasteiger partial charge < -0.3 is 5.32 Å². The molecule has 1 fully saturated rings. The van der Waals surface area contributed by atoms with Gasteiger partial charge in [0.25, 0.3) is 0 Å². The van der Waals surface area contributed by atoms with Crippen molar-refractivity contribution in [2.24, 2.45) is 11.8 Å². The number of thiazole rings is 1. The van der Waals surface area contributed by atoms with E-state index in [0.29, 0.717) is 6.04 Å². The van der Waals surface area contributed by atoms with Crippen molar-refractivity contribution in [1.82, 2.24) is 10.3 Å². The van der Waals surface area contributed by atoms with Crippen LogP contribution in [0, 0.1) is 25.7 Å². The third-order valence-electron chi connectivity index (χ3n) is 4.47. The SMILES string of the molecule is CCC1CCC(C(NC)c2sc(C)nc2C)CC1. The Morgan fingerprint density at radius 2 is 1.94 bits per heavy atom. The second-order valence-electron chi connectivity index (χ2n) is 5.64. The molecular weight excluding hydrogens is 240 g/mol. The summed E-state index contributed by atoms with van der Waals surface area (Å²) in [5.41, 5.74) is 1.23. The first-order chi connectivity index (χ1) is 8.65. The van der Waals surface area contributed by atoms with Gasteiger partial charge >= 0.3 is 0 Å². The number of aryl methyl sites for hydroxylation is 2. The van der Waals surface area contributed by atoms with Crippen molar-refractivity contribution < 1.29 is 0 Å². The van der Waals surface area contributed by atoms with E-state index in [0.717, 1.165) is 11.8 Å². The molecule has 1 saturated carbocycles. The van der Waals surface area contributed by atoms with E-state index < -0.39 is 0 Å². The van der Waals surface area contributed by atoms with Gasteiger partial charge in [-0.3, -0.25) is 0 Å². The van der Waals surface area contributed by atoms with Crippen LogP contribution in [0.4, 0.5) is 0 Å². The lowest BCUT2D eigenvalue weighted by molar-refractivity contribution is 0.225. The third-order valence-corrected chi connectivity index (χ3v) is 5.63. The molecular formula is C15H26N2S. The summed E-state index contributed by atoms with van der Waals surface area (Å²) in [6.07, 6.45) is 6.93. The second-order valence-corrected chi connectivity index (χ2v) is 6.87. The van der Waals surface area contributed by atoms with E-state index in [1.54, 1.807) is 0 Å². The van der Waals surface area contributed by atoms with Gasteiger partial charge in [-0.1, -0.05) is 26.2 Å². The summed E-state index contributed by atoms with van der Waals surface area (Å²) < 4.78 is 0. The molecule has 1 heterocycles. The van der Waals surface area contributed by atoms with Crippen molar-refractivity contribution in [2.75, 3.05) is 7.05 Å². The fourth-order valence-corrected chi connectivity index (χ4v) is 4.48. The van der Waals surface area contributed by atoms with Gasteiger partial charge in [-0.05, 0) is 45.6 Å². The molecule has 1 atom stereocenters. The summed E-state index contributed by atoms with van der Waals surface area (Å²) in [5, 5.41) is 4.74. The van der Waals surface area contributed by atoms with E-state index in [1.165, 1.54) is 47.7 Å². The molecule has 0 bridgehead atoms. The normalized spacial score (nSPS) is 26.2. The monoisotopic (exact) mass is 266 g/mol. The molecule has 1 aliphatic carbocycles. The predicted octanol–water partition coefficient (Wildman–Crippen LogP) is 4.24. The van der Waals surface area contributed by atoms with Crippen molar-refractivity contribution >= 4 is 11.3 Å². The highest BCUT2D eigenvalue weighted by Crippen LogP contribution is 2.40. The fourth-order valence-electron chi connectivity index (χ4n) is 3.35. The van der Waals surface area contributed by atoms with E-state index >= 15 is 0 Å². The van der Waals surface area contributed by atoms with Gasteiger partial charge in [0.05, 0.1) is 10.7 Å². The van der Waals surface area contributed by atoms with Crippen LogP contribution in [-0.4, -0.2) is 12.0 Å². The summed E-state index contributed by atoms with van der Waals surface area (Å²) in [4.78, 5) is 6.05. The molecule has 0 saturated heterocycles. The van der Waals surface area contributed by atoms with Gasteiger partial charge in [0.1, 0.15) is 0 Å². The first kappa shape index (κ1) is 14.0. The lowest BCUT2D eigenvalue weighted by atomic mass is 9.77. The average molecular weight is 266 g/mol. The molecule has 1 unspecified atom stereocenters. The zero-order valence-corrected chi connectivity index (χ0v) is 12.9. The molecule has 2 nitrogen and oxygen atoms in total. The topological polar surface area (TPSA) is 24.9 Å². The van der Waals surface area contributed by atoms with Crippen LogP contribution in [0.5, 0.6) is 0 Å². The van der Waals surface area contributed by atoms with Crippen LogP contribution < -0.4 is 5.32 Å². The van der Waals surface area contributed by atoms with Crippen LogP contribution in [0.25, 0.3) is 0 Å². The van der Waals surface area contributed by atoms with Crippen LogP contribution in [0.2, 0.25) is 0 Å². The summed E-state index contributed by atoms with van der Waals surface area (Å²) >= 11 is 1.87. The summed E-state index contributed by atoms with van der Waals surface area (Å²) in [5.74, 6) is 1.78. The van der Waals surface area contributed by atoms with Gasteiger partial charge in [0, 0.05) is 10.9 Å². The van der Waals surface area contributed by atoms with Crippen molar-refractivity contribution in [3.63, 3.8) is 0 Å². The molecule has 1 aromatic heterocycles. The van der Waals surface area contributed by atoms with Crippen molar-refractivity contribution in [2.45, 2.75) is 58.9 Å². The van der Waals surface area contributed by atoms with E-state index in [2.05, 4.69) is 38.1 Å². The smallest absolute Gasteiger partial charge is 0.0900 e. The molecule has 0 radical (unpaired) electrons. The van der Waals surface area contributed by atoms with E-state index in [4.69, 9.17) is 0 Å². The number of hydrogen-bond acceptors (Lipinski definition) is 3. The molecule has 1 aliphatic rings. The minimum Gasteiger partial charge on any atom is -0.312 e. The zero-order chi connectivity index (χ0) is 13.1. The molecule has 1 N–H and O–H groups in total. The highest BCUT2D eigenvalue weighted by Gasteiger charge is 2.29. The first-order valence-electron chi connectivity index (χ1n) is 7.26. The average Bonchev–Trinajstić information content (AvgIpc) is 2.70. The highest BCUT2D eigenvalue weighted by molar-refractivity contribution is 7.11. The highest BCUT2D eigenvalue weighted by atomic mass is 32.1. The predicted molar refractivity (Wildman–Crippen MR) is 79.1 cm³/mol. The lowest BCUT2D eigenvalue weighted by Gasteiger charge is -2.33. The maximum absolute atomic E-state index is 4.58. The van der Waals surface area contributed by atoms with Crippen LogP contribution in [0.3, 0.4) is 0 Å². The number of rotatable bonds is 4. The van der Waals surface area contributed by atoms with Gasteiger partial charge in [0.15, 0.2) is 0 Å². The van der Waals surface area contributed by atoms with Crippen LogP contribution in [0.1, 0.15) is 60.6 Å². The third kappa shape index (κ3) is 2.94. The van der Waals surface area contributed by atoms with Crippen molar-refractivity contribution in [3.05, 3.63) is 15.6 Å². The zero-order valence-electron chi connectivity index (χ0n) is 12.1. The summed E-state index contributed by atoms with van der Waals surface area (Å²) in [7, 11) is 2.10. The Morgan fingerprint density at radius 3 is 2.39 bits per heavy atom.